The lowest BCUT2D eigenvalue weighted by Crippen LogP contribution is -2.12. The van der Waals surface area contributed by atoms with E-state index in [0.717, 1.165) is 24.2 Å². The Hall–Kier alpha value is -1.65. The summed E-state index contributed by atoms with van der Waals surface area (Å²) in [7, 11) is 0. The van der Waals surface area contributed by atoms with E-state index in [4.69, 9.17) is 16.3 Å². The predicted octanol–water partition coefficient (Wildman–Crippen LogP) is 4.52. The molecule has 2 nitrogen and oxygen atoms in total. The second-order valence-electron chi connectivity index (χ2n) is 4.21. The monoisotopic (exact) mass is 297 g/mol. The van der Waals surface area contributed by atoms with Gasteiger partial charge in [-0.15, -0.1) is 0 Å². The van der Waals surface area contributed by atoms with Crippen molar-refractivity contribution in [2.24, 2.45) is 0 Å². The van der Waals surface area contributed by atoms with E-state index in [1.165, 1.54) is 6.07 Å². The van der Waals surface area contributed by atoms with Gasteiger partial charge in [-0.1, -0.05) is 24.6 Å². The Labute approximate surface area is 121 Å². The minimum atomic E-state index is -0.751. The molecule has 106 valence electrons. The molecule has 0 aliphatic carbocycles. The molecule has 0 saturated heterocycles. The first kappa shape index (κ1) is 14.8. The Balaban J connectivity index is 2.29. The molecule has 0 aromatic heterocycles. The highest BCUT2D eigenvalue weighted by atomic mass is 35.5. The minimum Gasteiger partial charge on any atom is -0.454 e. The highest BCUT2D eigenvalue weighted by molar-refractivity contribution is 6.30. The Morgan fingerprint density at radius 3 is 2.60 bits per heavy atom. The maximum atomic E-state index is 13.6. The molecule has 2 aromatic rings. The summed E-state index contributed by atoms with van der Waals surface area (Å²) in [5.41, 5.74) is 0.847. The first-order valence-corrected chi connectivity index (χ1v) is 6.60. The third-order valence-electron chi connectivity index (χ3n) is 2.71. The van der Waals surface area contributed by atoms with Gasteiger partial charge < -0.3 is 10.1 Å². The molecule has 5 heteroatoms. The average Bonchev–Trinajstić information content (AvgIpc) is 2.41. The third-order valence-corrected chi connectivity index (χ3v) is 2.94. The summed E-state index contributed by atoms with van der Waals surface area (Å²) >= 11 is 5.93. The van der Waals surface area contributed by atoms with Gasteiger partial charge in [-0.2, -0.15) is 0 Å². The van der Waals surface area contributed by atoms with E-state index in [1.807, 2.05) is 13.0 Å². The highest BCUT2D eigenvalue weighted by Gasteiger charge is 2.10. The molecule has 2 rings (SSSR count). The summed E-state index contributed by atoms with van der Waals surface area (Å²) in [6, 6.07) is 8.33. The molecule has 0 heterocycles. The molecular formula is C15H14ClF2NO. The summed E-state index contributed by atoms with van der Waals surface area (Å²) in [6.07, 6.45) is 0. The largest absolute Gasteiger partial charge is 0.454 e. The van der Waals surface area contributed by atoms with Crippen LogP contribution in [-0.4, -0.2) is 6.54 Å². The van der Waals surface area contributed by atoms with Crippen LogP contribution in [-0.2, 0) is 6.54 Å². The SMILES string of the molecule is CCNCc1ccc(Cl)cc1Oc1ccc(F)cc1F. The summed E-state index contributed by atoms with van der Waals surface area (Å²) in [4.78, 5) is 0. The molecule has 0 bridgehead atoms. The fourth-order valence-electron chi connectivity index (χ4n) is 1.71. The quantitative estimate of drug-likeness (QED) is 0.876. The lowest BCUT2D eigenvalue weighted by Gasteiger charge is -2.12. The van der Waals surface area contributed by atoms with Crippen molar-refractivity contribution >= 4 is 11.6 Å². The van der Waals surface area contributed by atoms with Crippen molar-refractivity contribution in [1.29, 1.82) is 0 Å². The van der Waals surface area contributed by atoms with Crippen LogP contribution in [0.25, 0.3) is 0 Å². The van der Waals surface area contributed by atoms with Crippen LogP contribution in [0.1, 0.15) is 12.5 Å². The van der Waals surface area contributed by atoms with Crippen LogP contribution in [0.2, 0.25) is 5.02 Å². The highest BCUT2D eigenvalue weighted by Crippen LogP contribution is 2.30. The van der Waals surface area contributed by atoms with Gasteiger partial charge in [0.05, 0.1) is 0 Å². The molecule has 20 heavy (non-hydrogen) atoms. The maximum absolute atomic E-state index is 13.6. The smallest absolute Gasteiger partial charge is 0.168 e. The van der Waals surface area contributed by atoms with Crippen molar-refractivity contribution in [3.8, 4) is 11.5 Å². The van der Waals surface area contributed by atoms with Crippen LogP contribution in [0.5, 0.6) is 11.5 Å². The van der Waals surface area contributed by atoms with E-state index >= 15 is 0 Å². The first-order chi connectivity index (χ1) is 9.60. The zero-order valence-electron chi connectivity index (χ0n) is 10.9. The lowest BCUT2D eigenvalue weighted by molar-refractivity contribution is 0.432. The van der Waals surface area contributed by atoms with Crippen molar-refractivity contribution in [3.05, 3.63) is 58.6 Å². The Morgan fingerprint density at radius 1 is 1.10 bits per heavy atom. The molecule has 0 atom stereocenters. The lowest BCUT2D eigenvalue weighted by atomic mass is 10.2. The second kappa shape index (κ2) is 6.68. The molecule has 0 radical (unpaired) electrons. The van der Waals surface area contributed by atoms with Crippen molar-refractivity contribution < 1.29 is 13.5 Å². The molecular weight excluding hydrogens is 284 g/mol. The standard InChI is InChI=1S/C15H14ClF2NO/c1-2-19-9-10-3-4-11(16)7-15(10)20-14-6-5-12(17)8-13(14)18/h3-8,19H,2,9H2,1H3. The van der Waals surface area contributed by atoms with Crippen LogP contribution in [0.15, 0.2) is 36.4 Å². The number of ether oxygens (including phenoxy) is 1. The molecule has 0 aliphatic rings. The van der Waals surface area contributed by atoms with Crippen molar-refractivity contribution in [2.45, 2.75) is 13.5 Å². The van der Waals surface area contributed by atoms with Gasteiger partial charge in [0.15, 0.2) is 11.6 Å². The molecule has 0 spiro atoms. The van der Waals surface area contributed by atoms with Crippen molar-refractivity contribution in [3.63, 3.8) is 0 Å². The molecule has 2 aromatic carbocycles. The van der Waals surface area contributed by atoms with Gasteiger partial charge >= 0.3 is 0 Å². The Morgan fingerprint density at radius 2 is 1.90 bits per heavy atom. The molecule has 0 aliphatic heterocycles. The summed E-state index contributed by atoms with van der Waals surface area (Å²) in [5.74, 6) is -0.983. The van der Waals surface area contributed by atoms with Gasteiger partial charge in [0, 0.05) is 23.2 Å². The van der Waals surface area contributed by atoms with Gasteiger partial charge in [0.1, 0.15) is 11.6 Å². The number of rotatable bonds is 5. The van der Waals surface area contributed by atoms with Gasteiger partial charge in [-0.3, -0.25) is 0 Å². The number of halogens is 3. The normalized spacial score (nSPS) is 10.6. The number of hydrogen-bond acceptors (Lipinski definition) is 2. The number of benzene rings is 2. The molecule has 0 unspecified atom stereocenters. The molecule has 0 fully saturated rings. The molecule has 0 amide bonds. The van der Waals surface area contributed by atoms with E-state index in [1.54, 1.807) is 12.1 Å². The van der Waals surface area contributed by atoms with Gasteiger partial charge in [-0.25, -0.2) is 8.78 Å². The van der Waals surface area contributed by atoms with Crippen LogP contribution in [0.3, 0.4) is 0 Å². The van der Waals surface area contributed by atoms with E-state index < -0.39 is 11.6 Å². The Bertz CT molecular complexity index is 604. The van der Waals surface area contributed by atoms with Gasteiger partial charge in [0.2, 0.25) is 0 Å². The molecule has 1 N–H and O–H groups in total. The summed E-state index contributed by atoms with van der Waals surface area (Å²) in [6.45, 7) is 3.36. The maximum Gasteiger partial charge on any atom is 0.168 e. The van der Waals surface area contributed by atoms with Crippen LogP contribution < -0.4 is 10.1 Å². The van der Waals surface area contributed by atoms with E-state index in [-0.39, 0.29) is 5.75 Å². The fraction of sp³-hybridized carbons (Fsp3) is 0.200. The van der Waals surface area contributed by atoms with Crippen LogP contribution >= 0.6 is 11.6 Å². The van der Waals surface area contributed by atoms with Crippen LogP contribution in [0, 0.1) is 11.6 Å². The Kier molecular flexibility index (Phi) is 4.93. The zero-order valence-corrected chi connectivity index (χ0v) is 11.7. The second-order valence-corrected chi connectivity index (χ2v) is 4.65. The fourth-order valence-corrected chi connectivity index (χ4v) is 1.87. The topological polar surface area (TPSA) is 21.3 Å². The summed E-state index contributed by atoms with van der Waals surface area (Å²) in [5, 5.41) is 3.65. The third kappa shape index (κ3) is 3.68. The summed E-state index contributed by atoms with van der Waals surface area (Å²) < 4.78 is 32.0. The zero-order chi connectivity index (χ0) is 14.5. The average molecular weight is 298 g/mol. The molecule has 0 saturated carbocycles. The number of nitrogens with one attached hydrogen (secondary N) is 1. The first-order valence-electron chi connectivity index (χ1n) is 6.22. The van der Waals surface area contributed by atoms with Crippen molar-refractivity contribution in [1.82, 2.24) is 5.32 Å². The predicted molar refractivity (Wildman–Crippen MR) is 75.3 cm³/mol. The van der Waals surface area contributed by atoms with E-state index in [2.05, 4.69) is 5.32 Å². The minimum absolute atomic E-state index is 0.0357. The van der Waals surface area contributed by atoms with Gasteiger partial charge in [-0.05, 0) is 30.8 Å². The van der Waals surface area contributed by atoms with Crippen LogP contribution in [0.4, 0.5) is 8.78 Å². The van der Waals surface area contributed by atoms with E-state index in [0.29, 0.717) is 17.3 Å². The van der Waals surface area contributed by atoms with Crippen molar-refractivity contribution in [2.75, 3.05) is 6.54 Å². The number of hydrogen-bond donors (Lipinski definition) is 1. The van der Waals surface area contributed by atoms with Gasteiger partial charge in [0.25, 0.3) is 0 Å². The van der Waals surface area contributed by atoms with E-state index in [9.17, 15) is 8.78 Å².